The van der Waals surface area contributed by atoms with E-state index < -0.39 is 0 Å². The Morgan fingerprint density at radius 3 is 2.62 bits per heavy atom. The van der Waals surface area contributed by atoms with Gasteiger partial charge in [-0.1, -0.05) is 36.8 Å². The van der Waals surface area contributed by atoms with Gasteiger partial charge in [0, 0.05) is 13.0 Å². The van der Waals surface area contributed by atoms with Crippen LogP contribution in [0.3, 0.4) is 0 Å². The molecular weight excluding hydrogens is 284 g/mol. The molecule has 4 nitrogen and oxygen atoms in total. The Labute approximate surface area is 132 Å². The van der Waals surface area contributed by atoms with Crippen molar-refractivity contribution in [3.8, 4) is 0 Å². The van der Waals surface area contributed by atoms with Gasteiger partial charge in [-0.3, -0.25) is 4.79 Å². The van der Waals surface area contributed by atoms with Gasteiger partial charge in [-0.15, -0.1) is 0 Å². The summed E-state index contributed by atoms with van der Waals surface area (Å²) in [7, 11) is 1.42. The summed E-state index contributed by atoms with van der Waals surface area (Å²) in [6, 6.07) is 10.4. The maximum Gasteiger partial charge on any atom is 0.305 e. The number of ether oxygens (including phenoxy) is 1. The zero-order chi connectivity index (χ0) is 15.5. The van der Waals surface area contributed by atoms with E-state index in [1.54, 1.807) is 0 Å². The maximum absolute atomic E-state index is 10.9. The summed E-state index contributed by atoms with van der Waals surface area (Å²) < 4.78 is 4.60. The Hall–Kier alpha value is -1.62. The highest BCUT2D eigenvalue weighted by molar-refractivity contribution is 7.80. The van der Waals surface area contributed by atoms with Crippen molar-refractivity contribution < 1.29 is 9.53 Å². The highest BCUT2D eigenvalue weighted by atomic mass is 32.1. The summed E-state index contributed by atoms with van der Waals surface area (Å²) in [5.41, 5.74) is 1.21. The largest absolute Gasteiger partial charge is 0.469 e. The standard InChI is InChI=1S/C16H24N2O2S/c1-13(14-9-5-3-6-10-14)18-16(21)17-12-8-4-7-11-15(19)20-2/h3,5-6,9-10,13H,4,7-8,11-12H2,1-2H3,(H2,17,18,21)/t13-/m1/s1. The molecule has 0 aliphatic rings. The number of hydrogen-bond donors (Lipinski definition) is 2. The predicted octanol–water partition coefficient (Wildman–Crippen LogP) is 2.95. The molecule has 5 heteroatoms. The second-order valence-electron chi connectivity index (χ2n) is 4.92. The third kappa shape index (κ3) is 7.66. The normalized spacial score (nSPS) is 11.5. The van der Waals surface area contributed by atoms with Crippen LogP contribution in [-0.4, -0.2) is 24.7 Å². The monoisotopic (exact) mass is 308 g/mol. The summed E-state index contributed by atoms with van der Waals surface area (Å²) in [4.78, 5) is 10.9. The lowest BCUT2D eigenvalue weighted by molar-refractivity contribution is -0.140. The first-order valence-electron chi connectivity index (χ1n) is 7.29. The van der Waals surface area contributed by atoms with Crippen LogP contribution in [0.1, 0.15) is 44.2 Å². The van der Waals surface area contributed by atoms with Crippen LogP contribution in [0.4, 0.5) is 0 Å². The molecule has 2 N–H and O–H groups in total. The van der Waals surface area contributed by atoms with Crippen molar-refractivity contribution in [2.24, 2.45) is 0 Å². The molecule has 1 aromatic rings. The molecule has 0 spiro atoms. The molecule has 0 fully saturated rings. The minimum atomic E-state index is -0.142. The van der Waals surface area contributed by atoms with E-state index in [2.05, 4.69) is 34.4 Å². The smallest absolute Gasteiger partial charge is 0.305 e. The number of hydrogen-bond acceptors (Lipinski definition) is 3. The average Bonchev–Trinajstić information content (AvgIpc) is 2.51. The first-order chi connectivity index (χ1) is 10.1. The van der Waals surface area contributed by atoms with Gasteiger partial charge in [0.15, 0.2) is 5.11 Å². The Bertz CT molecular complexity index is 437. The van der Waals surface area contributed by atoms with Crippen LogP contribution < -0.4 is 10.6 Å². The summed E-state index contributed by atoms with van der Waals surface area (Å²) in [6.07, 6.45) is 3.32. The molecule has 0 amide bonds. The third-order valence-electron chi connectivity index (χ3n) is 3.22. The molecule has 0 aliphatic carbocycles. The molecule has 1 aromatic carbocycles. The number of nitrogens with one attached hydrogen (secondary N) is 2. The van der Waals surface area contributed by atoms with Crippen molar-refractivity contribution in [1.82, 2.24) is 10.6 Å². The van der Waals surface area contributed by atoms with Gasteiger partial charge in [0.25, 0.3) is 0 Å². The molecule has 21 heavy (non-hydrogen) atoms. The van der Waals surface area contributed by atoms with Crippen LogP contribution >= 0.6 is 12.2 Å². The lowest BCUT2D eigenvalue weighted by Gasteiger charge is -2.17. The highest BCUT2D eigenvalue weighted by Crippen LogP contribution is 2.10. The van der Waals surface area contributed by atoms with Crippen molar-refractivity contribution in [2.45, 2.75) is 38.6 Å². The molecule has 1 atom stereocenters. The lowest BCUT2D eigenvalue weighted by atomic mass is 10.1. The highest BCUT2D eigenvalue weighted by Gasteiger charge is 2.05. The van der Waals surface area contributed by atoms with E-state index in [1.165, 1.54) is 12.7 Å². The van der Waals surface area contributed by atoms with Crippen molar-refractivity contribution in [2.75, 3.05) is 13.7 Å². The van der Waals surface area contributed by atoms with Crippen molar-refractivity contribution in [3.05, 3.63) is 35.9 Å². The number of methoxy groups -OCH3 is 1. The fourth-order valence-corrected chi connectivity index (χ4v) is 2.23. The molecule has 0 saturated carbocycles. The Morgan fingerprint density at radius 2 is 1.95 bits per heavy atom. The van der Waals surface area contributed by atoms with Gasteiger partial charge in [-0.2, -0.15) is 0 Å². The van der Waals surface area contributed by atoms with Gasteiger partial charge in [-0.05, 0) is 37.5 Å². The molecule has 1 rings (SSSR count). The summed E-state index contributed by atoms with van der Waals surface area (Å²) in [6.45, 7) is 2.90. The first kappa shape index (κ1) is 17.4. The number of carbonyl (C=O) groups excluding carboxylic acids is 1. The summed E-state index contributed by atoms with van der Waals surface area (Å²) in [5, 5.41) is 7.12. The maximum atomic E-state index is 10.9. The van der Waals surface area contributed by atoms with Gasteiger partial charge in [0.05, 0.1) is 13.2 Å². The molecule has 0 aromatic heterocycles. The molecule has 0 aliphatic heterocycles. The van der Waals surface area contributed by atoms with Crippen LogP contribution in [0.5, 0.6) is 0 Å². The van der Waals surface area contributed by atoms with Crippen molar-refractivity contribution >= 4 is 23.3 Å². The summed E-state index contributed by atoms with van der Waals surface area (Å²) >= 11 is 5.27. The Balaban J connectivity index is 2.10. The van der Waals surface area contributed by atoms with E-state index in [1.807, 2.05) is 18.2 Å². The van der Waals surface area contributed by atoms with Crippen LogP contribution in [0, 0.1) is 0 Å². The molecule has 0 unspecified atom stereocenters. The third-order valence-corrected chi connectivity index (χ3v) is 3.48. The van der Waals surface area contributed by atoms with E-state index >= 15 is 0 Å². The SMILES string of the molecule is COC(=O)CCCCCNC(=S)N[C@H](C)c1ccccc1. The van der Waals surface area contributed by atoms with Gasteiger partial charge in [0.1, 0.15) is 0 Å². The van der Waals surface area contributed by atoms with Crippen LogP contribution in [0.2, 0.25) is 0 Å². The second-order valence-corrected chi connectivity index (χ2v) is 5.33. The Kier molecular flexibility index (Phi) is 8.43. The van der Waals surface area contributed by atoms with Gasteiger partial charge in [-0.25, -0.2) is 0 Å². The van der Waals surface area contributed by atoms with Crippen molar-refractivity contribution in [1.29, 1.82) is 0 Å². The van der Waals surface area contributed by atoms with Crippen LogP contribution in [0.15, 0.2) is 30.3 Å². The number of carbonyl (C=O) groups is 1. The number of rotatable bonds is 8. The fourth-order valence-electron chi connectivity index (χ4n) is 1.95. The number of unbranched alkanes of at least 4 members (excludes halogenated alkanes) is 2. The fraction of sp³-hybridized carbons (Fsp3) is 0.500. The quantitative estimate of drug-likeness (QED) is 0.439. The van der Waals surface area contributed by atoms with E-state index in [4.69, 9.17) is 12.2 Å². The average molecular weight is 308 g/mol. The van der Waals surface area contributed by atoms with Gasteiger partial charge < -0.3 is 15.4 Å². The van der Waals surface area contributed by atoms with Crippen LogP contribution in [0.25, 0.3) is 0 Å². The molecule has 0 saturated heterocycles. The zero-order valence-electron chi connectivity index (χ0n) is 12.7. The van der Waals surface area contributed by atoms with E-state index in [9.17, 15) is 4.79 Å². The van der Waals surface area contributed by atoms with Crippen LogP contribution in [-0.2, 0) is 9.53 Å². The zero-order valence-corrected chi connectivity index (χ0v) is 13.5. The van der Waals surface area contributed by atoms with E-state index in [-0.39, 0.29) is 12.0 Å². The number of benzene rings is 1. The minimum absolute atomic E-state index is 0.142. The number of esters is 1. The van der Waals surface area contributed by atoms with E-state index in [0.717, 1.165) is 25.8 Å². The number of thiocarbonyl (C=S) groups is 1. The van der Waals surface area contributed by atoms with E-state index in [0.29, 0.717) is 11.5 Å². The molecule has 0 heterocycles. The van der Waals surface area contributed by atoms with Gasteiger partial charge >= 0.3 is 5.97 Å². The molecular formula is C16H24N2O2S. The Morgan fingerprint density at radius 1 is 1.24 bits per heavy atom. The predicted molar refractivity (Wildman–Crippen MR) is 89.1 cm³/mol. The molecule has 116 valence electrons. The van der Waals surface area contributed by atoms with Crippen molar-refractivity contribution in [3.63, 3.8) is 0 Å². The molecule has 0 bridgehead atoms. The lowest BCUT2D eigenvalue weighted by Crippen LogP contribution is -2.37. The topological polar surface area (TPSA) is 50.4 Å². The minimum Gasteiger partial charge on any atom is -0.469 e. The second kappa shape index (κ2) is 10.2. The van der Waals surface area contributed by atoms with Gasteiger partial charge in [0.2, 0.25) is 0 Å². The summed E-state index contributed by atoms with van der Waals surface area (Å²) in [5.74, 6) is -0.142. The molecule has 0 radical (unpaired) electrons. The first-order valence-corrected chi connectivity index (χ1v) is 7.70.